The molecule has 158 valence electrons. The average molecular weight is 437 g/mol. The van der Waals surface area contributed by atoms with E-state index in [0.717, 1.165) is 25.8 Å². The highest BCUT2D eigenvalue weighted by atomic mass is 32.2. The van der Waals surface area contributed by atoms with Gasteiger partial charge in [-0.1, -0.05) is 39.5 Å². The van der Waals surface area contributed by atoms with Crippen LogP contribution in [0.4, 0.5) is 0 Å². The molecular weight excluding hydrogens is 408 g/mol. The number of nitrogens with zero attached hydrogens (tertiary/aromatic N) is 2. The van der Waals surface area contributed by atoms with Crippen LogP contribution in [0.1, 0.15) is 47.0 Å². The van der Waals surface area contributed by atoms with Gasteiger partial charge in [0.15, 0.2) is 15.4 Å². The van der Waals surface area contributed by atoms with Crippen molar-refractivity contribution in [2.24, 2.45) is 10.8 Å². The van der Waals surface area contributed by atoms with Crippen molar-refractivity contribution in [3.05, 3.63) is 18.2 Å². The predicted molar refractivity (Wildman–Crippen MR) is 114 cm³/mol. The van der Waals surface area contributed by atoms with Crippen molar-refractivity contribution in [3.63, 3.8) is 0 Å². The summed E-state index contributed by atoms with van der Waals surface area (Å²) >= 11 is 1.27. The van der Waals surface area contributed by atoms with Gasteiger partial charge >= 0.3 is 0 Å². The zero-order chi connectivity index (χ0) is 21.0. The molecule has 1 aliphatic carbocycles. The van der Waals surface area contributed by atoms with Crippen molar-refractivity contribution in [2.75, 3.05) is 18.1 Å². The smallest absolute Gasteiger partial charge is 0.257 e. The molecule has 4 rings (SSSR count). The van der Waals surface area contributed by atoms with Gasteiger partial charge in [0.05, 0.1) is 16.4 Å². The van der Waals surface area contributed by atoms with Crippen LogP contribution in [0.2, 0.25) is 0 Å². The maximum Gasteiger partial charge on any atom is 0.257 e. The van der Waals surface area contributed by atoms with E-state index in [1.54, 1.807) is 19.1 Å². The summed E-state index contributed by atoms with van der Waals surface area (Å²) in [6.07, 6.45) is 3.29. The predicted octanol–water partition coefficient (Wildman–Crippen LogP) is 4.14. The molecule has 2 aliphatic rings. The van der Waals surface area contributed by atoms with Crippen LogP contribution in [0, 0.1) is 10.8 Å². The zero-order valence-corrected chi connectivity index (χ0v) is 19.0. The summed E-state index contributed by atoms with van der Waals surface area (Å²) in [5, 5.41) is 0.396. The molecule has 29 heavy (non-hydrogen) atoms. The van der Waals surface area contributed by atoms with Crippen LogP contribution >= 0.6 is 11.8 Å². The molecule has 1 amide bonds. The molecule has 0 N–H and O–H groups in total. The Hall–Kier alpha value is -1.54. The number of carbonyl (C=O) groups is 1. The minimum absolute atomic E-state index is 0.0409. The Morgan fingerprint density at radius 3 is 2.79 bits per heavy atom. The van der Waals surface area contributed by atoms with Gasteiger partial charge in [0.25, 0.3) is 5.22 Å². The summed E-state index contributed by atoms with van der Waals surface area (Å²) in [6.45, 7) is 9.33. The van der Waals surface area contributed by atoms with Crippen LogP contribution in [-0.2, 0) is 14.6 Å². The van der Waals surface area contributed by atoms with Crippen molar-refractivity contribution < 1.29 is 17.6 Å². The number of fused-ring (bicyclic) bond motifs is 3. The Kier molecular flexibility index (Phi) is 5.01. The number of hydrogen-bond acceptors (Lipinski definition) is 6. The van der Waals surface area contributed by atoms with Gasteiger partial charge < -0.3 is 9.32 Å². The van der Waals surface area contributed by atoms with Gasteiger partial charge in [0, 0.05) is 12.6 Å². The summed E-state index contributed by atoms with van der Waals surface area (Å²) in [6, 6.07) is 5.03. The van der Waals surface area contributed by atoms with Crippen molar-refractivity contribution in [3.8, 4) is 0 Å². The van der Waals surface area contributed by atoms with E-state index in [0.29, 0.717) is 22.4 Å². The maximum atomic E-state index is 12.9. The van der Waals surface area contributed by atoms with Crippen LogP contribution < -0.4 is 0 Å². The molecule has 8 heteroatoms. The monoisotopic (exact) mass is 436 g/mol. The van der Waals surface area contributed by atoms with E-state index < -0.39 is 9.84 Å². The third-order valence-electron chi connectivity index (χ3n) is 6.13. The number of benzene rings is 1. The van der Waals surface area contributed by atoms with Crippen LogP contribution in [0.5, 0.6) is 0 Å². The average Bonchev–Trinajstić information content (AvgIpc) is 3.15. The maximum absolute atomic E-state index is 12.9. The molecule has 0 unspecified atom stereocenters. The van der Waals surface area contributed by atoms with Crippen molar-refractivity contribution in [2.45, 2.75) is 63.1 Å². The first-order chi connectivity index (χ1) is 13.5. The van der Waals surface area contributed by atoms with E-state index in [1.807, 2.05) is 0 Å². The van der Waals surface area contributed by atoms with Crippen molar-refractivity contribution in [1.82, 2.24) is 9.88 Å². The number of oxazole rings is 1. The fraction of sp³-hybridized carbons (Fsp3) is 0.619. The second kappa shape index (κ2) is 7.01. The summed E-state index contributed by atoms with van der Waals surface area (Å²) in [7, 11) is -3.29. The van der Waals surface area contributed by atoms with Gasteiger partial charge in [-0.3, -0.25) is 4.79 Å². The van der Waals surface area contributed by atoms with Crippen molar-refractivity contribution in [1.29, 1.82) is 0 Å². The summed E-state index contributed by atoms with van der Waals surface area (Å²) in [4.78, 5) is 19.6. The number of rotatable bonds is 5. The molecule has 1 aliphatic heterocycles. The Balaban J connectivity index is 1.45. The Labute approximate surface area is 176 Å². The van der Waals surface area contributed by atoms with E-state index in [-0.39, 0.29) is 33.1 Å². The molecule has 0 spiro atoms. The molecule has 2 atom stereocenters. The molecule has 1 saturated carbocycles. The standard InChI is InChI=1S/C21H28N2O4S2/c1-5-29(25,26)15-6-7-17-16(8-15)22-19(27-17)28-11-18(24)23-13-21(4)10-14(23)9-20(2,3)12-21/h6-8,14H,5,9-13H2,1-4H3/t14-,21-/m0/s1. The SMILES string of the molecule is CCS(=O)(=O)c1ccc2oc(SCC(=O)N3C[C@@]4(C)C[C@@H]3CC(C)(C)C4)nc2c1. The Bertz CT molecular complexity index is 1060. The highest BCUT2D eigenvalue weighted by Crippen LogP contribution is 2.52. The summed E-state index contributed by atoms with van der Waals surface area (Å²) in [5.74, 6) is 0.442. The van der Waals surface area contributed by atoms with Crippen LogP contribution in [0.25, 0.3) is 11.1 Å². The molecule has 2 heterocycles. The quantitative estimate of drug-likeness (QED) is 0.655. The van der Waals surface area contributed by atoms with Gasteiger partial charge in [-0.25, -0.2) is 13.4 Å². The van der Waals surface area contributed by atoms with E-state index in [4.69, 9.17) is 4.42 Å². The number of carbonyl (C=O) groups excluding carboxylic acids is 1. The fourth-order valence-electron chi connectivity index (χ4n) is 5.27. The lowest BCUT2D eigenvalue weighted by Crippen LogP contribution is -2.38. The number of hydrogen-bond donors (Lipinski definition) is 0. The Morgan fingerprint density at radius 1 is 1.31 bits per heavy atom. The van der Waals surface area contributed by atoms with Gasteiger partial charge in [0.1, 0.15) is 5.52 Å². The zero-order valence-electron chi connectivity index (χ0n) is 17.4. The molecule has 2 bridgehead atoms. The van der Waals surface area contributed by atoms with E-state index in [1.165, 1.54) is 17.8 Å². The molecule has 1 aromatic heterocycles. The van der Waals surface area contributed by atoms with Crippen LogP contribution in [-0.4, -0.2) is 48.3 Å². The van der Waals surface area contributed by atoms with E-state index in [2.05, 4.69) is 30.7 Å². The molecule has 2 aromatic rings. The second-order valence-electron chi connectivity index (χ2n) is 9.54. The number of likely N-dealkylation sites (tertiary alicyclic amines) is 1. The highest BCUT2D eigenvalue weighted by molar-refractivity contribution is 7.99. The Morgan fingerprint density at radius 2 is 2.07 bits per heavy atom. The largest absolute Gasteiger partial charge is 0.431 e. The minimum Gasteiger partial charge on any atom is -0.431 e. The van der Waals surface area contributed by atoms with Crippen LogP contribution in [0.3, 0.4) is 0 Å². The number of sulfone groups is 1. The highest BCUT2D eigenvalue weighted by Gasteiger charge is 2.50. The lowest BCUT2D eigenvalue weighted by Gasteiger charge is -2.39. The second-order valence-corrected chi connectivity index (χ2v) is 12.7. The first kappa shape index (κ1) is 20.7. The lowest BCUT2D eigenvalue weighted by atomic mass is 9.65. The summed E-state index contributed by atoms with van der Waals surface area (Å²) < 4.78 is 29.8. The lowest BCUT2D eigenvalue weighted by molar-refractivity contribution is -0.129. The molecule has 1 aromatic carbocycles. The first-order valence-corrected chi connectivity index (χ1v) is 12.7. The third-order valence-corrected chi connectivity index (χ3v) is 8.68. The van der Waals surface area contributed by atoms with E-state index >= 15 is 0 Å². The number of amides is 1. The topological polar surface area (TPSA) is 80.5 Å². The molecular formula is C21H28N2O4S2. The van der Waals surface area contributed by atoms with E-state index in [9.17, 15) is 13.2 Å². The molecule has 2 fully saturated rings. The van der Waals surface area contributed by atoms with Gasteiger partial charge in [-0.2, -0.15) is 0 Å². The van der Waals surface area contributed by atoms with Gasteiger partial charge in [-0.15, -0.1) is 0 Å². The first-order valence-electron chi connectivity index (χ1n) is 10.1. The number of thioether (sulfide) groups is 1. The molecule has 6 nitrogen and oxygen atoms in total. The van der Waals surface area contributed by atoms with Crippen LogP contribution in [0.15, 0.2) is 32.7 Å². The fourth-order valence-corrected chi connectivity index (χ4v) is 6.89. The van der Waals surface area contributed by atoms with Gasteiger partial charge in [-0.05, 0) is 48.3 Å². The third kappa shape index (κ3) is 4.06. The number of aromatic nitrogens is 1. The summed E-state index contributed by atoms with van der Waals surface area (Å²) in [5.41, 5.74) is 1.52. The van der Waals surface area contributed by atoms with Crippen molar-refractivity contribution >= 4 is 38.6 Å². The molecule has 1 saturated heterocycles. The van der Waals surface area contributed by atoms with Gasteiger partial charge in [0.2, 0.25) is 5.91 Å². The minimum atomic E-state index is -3.29. The normalized spacial score (nSPS) is 26.2. The molecule has 0 radical (unpaired) electrons.